The van der Waals surface area contributed by atoms with E-state index in [1.807, 2.05) is 0 Å². The zero-order valence-corrected chi connectivity index (χ0v) is 10.5. The van der Waals surface area contributed by atoms with Crippen LogP contribution in [-0.4, -0.2) is 11.3 Å². The van der Waals surface area contributed by atoms with E-state index >= 15 is 0 Å². The van der Waals surface area contributed by atoms with Gasteiger partial charge in [0.2, 0.25) is 0 Å². The quantitative estimate of drug-likeness (QED) is 0.796. The van der Waals surface area contributed by atoms with Gasteiger partial charge in [-0.15, -0.1) is 0 Å². The van der Waals surface area contributed by atoms with Crippen molar-refractivity contribution < 1.29 is 4.79 Å². The number of rotatable bonds is 4. The molecule has 2 fully saturated rings. The Morgan fingerprint density at radius 1 is 1.25 bits per heavy atom. The zero-order chi connectivity index (χ0) is 11.6. The molecule has 2 N–H and O–H groups in total. The van der Waals surface area contributed by atoms with E-state index in [1.165, 1.54) is 25.7 Å². The molecule has 2 rings (SSSR count). The minimum Gasteiger partial charge on any atom is -0.325 e. The molecule has 0 aliphatic heterocycles. The highest BCUT2D eigenvalue weighted by molar-refractivity contribution is 5.82. The van der Waals surface area contributed by atoms with Crippen molar-refractivity contribution in [3.8, 4) is 0 Å². The molecular weight excluding hydrogens is 198 g/mol. The Balaban J connectivity index is 1.78. The molecule has 2 saturated carbocycles. The van der Waals surface area contributed by atoms with Gasteiger partial charge in [-0.25, -0.2) is 0 Å². The van der Waals surface area contributed by atoms with Crippen molar-refractivity contribution >= 4 is 5.78 Å². The van der Waals surface area contributed by atoms with Crippen molar-refractivity contribution in [3.05, 3.63) is 0 Å². The molecule has 0 aromatic rings. The van der Waals surface area contributed by atoms with E-state index in [0.717, 1.165) is 31.6 Å². The lowest BCUT2D eigenvalue weighted by molar-refractivity contribution is -0.126. The first kappa shape index (κ1) is 12.1. The van der Waals surface area contributed by atoms with Crippen molar-refractivity contribution in [2.24, 2.45) is 17.6 Å². The van der Waals surface area contributed by atoms with Crippen LogP contribution in [0.2, 0.25) is 0 Å². The lowest BCUT2D eigenvalue weighted by Gasteiger charge is -2.39. The molecule has 2 aliphatic rings. The third kappa shape index (κ3) is 2.65. The summed E-state index contributed by atoms with van der Waals surface area (Å²) in [6, 6.07) is 0. The van der Waals surface area contributed by atoms with Crippen LogP contribution in [0.4, 0.5) is 0 Å². The van der Waals surface area contributed by atoms with Crippen molar-refractivity contribution in [1.29, 1.82) is 0 Å². The van der Waals surface area contributed by atoms with Crippen molar-refractivity contribution in [2.75, 3.05) is 0 Å². The Bertz CT molecular complexity index is 249. The first-order valence-electron chi connectivity index (χ1n) is 6.94. The highest BCUT2D eigenvalue weighted by atomic mass is 16.1. The fraction of sp³-hybridized carbons (Fsp3) is 0.929. The fourth-order valence-electron chi connectivity index (χ4n) is 3.19. The summed E-state index contributed by atoms with van der Waals surface area (Å²) in [5.41, 5.74) is 6.03. The average Bonchev–Trinajstić information content (AvgIpc) is 2.27. The van der Waals surface area contributed by atoms with Gasteiger partial charge in [0.1, 0.15) is 5.78 Å². The maximum atomic E-state index is 12.1. The van der Waals surface area contributed by atoms with Gasteiger partial charge >= 0.3 is 0 Å². The number of ketones is 1. The van der Waals surface area contributed by atoms with Gasteiger partial charge in [-0.2, -0.15) is 0 Å². The van der Waals surface area contributed by atoms with E-state index in [4.69, 9.17) is 5.73 Å². The van der Waals surface area contributed by atoms with Crippen LogP contribution in [0, 0.1) is 11.8 Å². The third-order valence-electron chi connectivity index (χ3n) is 4.76. The molecule has 0 spiro atoms. The van der Waals surface area contributed by atoms with Crippen LogP contribution in [-0.2, 0) is 4.79 Å². The SMILES string of the molecule is CCC1CCC(C(=O)CC2(N)CCC2)CC1. The molecule has 0 aromatic carbocycles. The smallest absolute Gasteiger partial charge is 0.137 e. The molecule has 0 amide bonds. The Hall–Kier alpha value is -0.370. The molecule has 0 aromatic heterocycles. The summed E-state index contributed by atoms with van der Waals surface area (Å²) < 4.78 is 0. The summed E-state index contributed by atoms with van der Waals surface area (Å²) in [7, 11) is 0. The zero-order valence-electron chi connectivity index (χ0n) is 10.5. The summed E-state index contributed by atoms with van der Waals surface area (Å²) in [6.45, 7) is 2.26. The Morgan fingerprint density at radius 3 is 2.31 bits per heavy atom. The maximum absolute atomic E-state index is 12.1. The lowest BCUT2D eigenvalue weighted by atomic mass is 9.70. The van der Waals surface area contributed by atoms with Crippen LogP contribution >= 0.6 is 0 Å². The molecule has 2 heteroatoms. The van der Waals surface area contributed by atoms with Gasteiger partial charge in [0.15, 0.2) is 0 Å². The van der Waals surface area contributed by atoms with Crippen molar-refractivity contribution in [2.45, 2.75) is 70.3 Å². The molecule has 2 aliphatic carbocycles. The van der Waals surface area contributed by atoms with Gasteiger partial charge in [-0.3, -0.25) is 4.79 Å². The Kier molecular flexibility index (Phi) is 3.68. The number of carbonyl (C=O) groups is 1. The van der Waals surface area contributed by atoms with Crippen molar-refractivity contribution in [3.63, 3.8) is 0 Å². The molecule has 0 saturated heterocycles. The topological polar surface area (TPSA) is 43.1 Å². The highest BCUT2D eigenvalue weighted by Gasteiger charge is 2.37. The largest absolute Gasteiger partial charge is 0.325 e. The second kappa shape index (κ2) is 4.87. The summed E-state index contributed by atoms with van der Waals surface area (Å²) in [5.74, 6) is 1.67. The second-order valence-corrected chi connectivity index (χ2v) is 5.98. The predicted molar refractivity (Wildman–Crippen MR) is 66.1 cm³/mol. The van der Waals surface area contributed by atoms with Crippen LogP contribution in [0.15, 0.2) is 0 Å². The summed E-state index contributed by atoms with van der Waals surface area (Å²) >= 11 is 0. The first-order valence-corrected chi connectivity index (χ1v) is 6.94. The molecule has 92 valence electrons. The van der Waals surface area contributed by atoms with Crippen LogP contribution in [0.3, 0.4) is 0 Å². The third-order valence-corrected chi connectivity index (χ3v) is 4.76. The normalized spacial score (nSPS) is 33.1. The molecule has 0 atom stereocenters. The molecule has 2 nitrogen and oxygen atoms in total. The average molecular weight is 223 g/mol. The standard InChI is InChI=1S/C14H25NO/c1-2-11-4-6-12(7-5-11)13(16)10-14(15)8-3-9-14/h11-12H,2-10,15H2,1H3. The van der Waals surface area contributed by atoms with Crippen LogP contribution in [0.5, 0.6) is 0 Å². The second-order valence-electron chi connectivity index (χ2n) is 5.98. The molecule has 0 unspecified atom stereocenters. The van der Waals surface area contributed by atoms with Gasteiger partial charge in [-0.1, -0.05) is 13.3 Å². The minimum absolute atomic E-state index is 0.112. The number of Topliss-reactive ketones (excluding diaryl/α,β-unsaturated/α-hetero) is 1. The van der Waals surface area contributed by atoms with Gasteiger partial charge in [0, 0.05) is 17.9 Å². The fourth-order valence-corrected chi connectivity index (χ4v) is 3.19. The van der Waals surface area contributed by atoms with Crippen LogP contribution in [0.1, 0.15) is 64.7 Å². The highest BCUT2D eigenvalue weighted by Crippen LogP contribution is 2.36. The first-order chi connectivity index (χ1) is 7.63. The number of nitrogens with two attached hydrogens (primary N) is 1. The van der Waals surface area contributed by atoms with Crippen LogP contribution < -0.4 is 5.73 Å². The number of hydrogen-bond donors (Lipinski definition) is 1. The van der Waals surface area contributed by atoms with E-state index in [0.29, 0.717) is 18.1 Å². The number of hydrogen-bond acceptors (Lipinski definition) is 2. The summed E-state index contributed by atoms with van der Waals surface area (Å²) in [4.78, 5) is 12.1. The maximum Gasteiger partial charge on any atom is 0.137 e. The Labute approximate surface area is 99.0 Å². The number of carbonyl (C=O) groups excluding carboxylic acids is 1. The molecular formula is C14H25NO. The summed E-state index contributed by atoms with van der Waals surface area (Å²) in [6.07, 6.45) is 10.0. The van der Waals surface area contributed by atoms with E-state index in [2.05, 4.69) is 6.92 Å². The van der Waals surface area contributed by atoms with Gasteiger partial charge in [-0.05, 0) is 50.9 Å². The van der Waals surface area contributed by atoms with Gasteiger partial charge in [0.05, 0.1) is 0 Å². The van der Waals surface area contributed by atoms with Crippen LogP contribution in [0.25, 0.3) is 0 Å². The van der Waals surface area contributed by atoms with E-state index < -0.39 is 0 Å². The van der Waals surface area contributed by atoms with Crippen molar-refractivity contribution in [1.82, 2.24) is 0 Å². The lowest BCUT2D eigenvalue weighted by Crippen LogP contribution is -2.49. The van der Waals surface area contributed by atoms with E-state index in [1.54, 1.807) is 0 Å². The Morgan fingerprint density at radius 2 is 1.88 bits per heavy atom. The molecule has 16 heavy (non-hydrogen) atoms. The van der Waals surface area contributed by atoms with E-state index in [-0.39, 0.29) is 5.54 Å². The van der Waals surface area contributed by atoms with Gasteiger partial charge < -0.3 is 5.73 Å². The molecule has 0 bridgehead atoms. The predicted octanol–water partition coefficient (Wildman–Crippen LogP) is 3.04. The monoisotopic (exact) mass is 223 g/mol. The minimum atomic E-state index is -0.112. The van der Waals surface area contributed by atoms with Gasteiger partial charge in [0.25, 0.3) is 0 Å². The van der Waals surface area contributed by atoms with E-state index in [9.17, 15) is 4.79 Å². The molecule has 0 radical (unpaired) electrons. The summed E-state index contributed by atoms with van der Waals surface area (Å²) in [5, 5.41) is 0. The molecule has 0 heterocycles.